The molecule has 0 amide bonds. The first-order chi connectivity index (χ1) is 9.50. The molecule has 0 unspecified atom stereocenters. The van der Waals surface area contributed by atoms with E-state index in [1.165, 1.54) is 16.4 Å². The van der Waals surface area contributed by atoms with Gasteiger partial charge in [0, 0.05) is 24.7 Å². The van der Waals surface area contributed by atoms with Gasteiger partial charge in [-0.2, -0.15) is 0 Å². The van der Waals surface area contributed by atoms with Crippen molar-refractivity contribution in [2.45, 2.75) is 31.4 Å². The fourth-order valence-corrected chi connectivity index (χ4v) is 4.05. The second kappa shape index (κ2) is 6.32. The van der Waals surface area contributed by atoms with Gasteiger partial charge in [0.2, 0.25) is 10.0 Å². The lowest BCUT2D eigenvalue weighted by molar-refractivity contribution is -0.385. The molecule has 1 saturated heterocycles. The Balaban J connectivity index is 2.21. The SMILES string of the molecule is O=[N+]([O-])c1ccccc1CS(=O)(=O)N1CCCCCC1. The molecule has 1 aliphatic heterocycles. The van der Waals surface area contributed by atoms with Crippen molar-refractivity contribution in [3.8, 4) is 0 Å². The molecule has 0 atom stereocenters. The van der Waals surface area contributed by atoms with Crippen LogP contribution >= 0.6 is 0 Å². The van der Waals surface area contributed by atoms with Crippen LogP contribution in [0.3, 0.4) is 0 Å². The molecule has 1 aliphatic rings. The van der Waals surface area contributed by atoms with Crippen LogP contribution in [0.2, 0.25) is 0 Å². The lowest BCUT2D eigenvalue weighted by Gasteiger charge is -2.19. The molecule has 2 rings (SSSR count). The van der Waals surface area contributed by atoms with E-state index in [9.17, 15) is 18.5 Å². The zero-order valence-electron chi connectivity index (χ0n) is 11.2. The number of para-hydroxylation sites is 1. The number of nitro benzene ring substituents is 1. The lowest BCUT2D eigenvalue weighted by atomic mass is 10.2. The predicted octanol–water partition coefficient (Wildman–Crippen LogP) is 2.30. The summed E-state index contributed by atoms with van der Waals surface area (Å²) >= 11 is 0. The van der Waals surface area contributed by atoms with Crippen molar-refractivity contribution in [2.24, 2.45) is 0 Å². The van der Waals surface area contributed by atoms with Crippen LogP contribution in [0.5, 0.6) is 0 Å². The molecule has 0 N–H and O–H groups in total. The van der Waals surface area contributed by atoms with Crippen molar-refractivity contribution < 1.29 is 13.3 Å². The molecule has 1 heterocycles. The maximum absolute atomic E-state index is 12.4. The van der Waals surface area contributed by atoms with Gasteiger partial charge in [0.15, 0.2) is 0 Å². The van der Waals surface area contributed by atoms with Gasteiger partial charge in [-0.15, -0.1) is 0 Å². The summed E-state index contributed by atoms with van der Waals surface area (Å²) in [6.45, 7) is 1.03. The van der Waals surface area contributed by atoms with E-state index in [1.54, 1.807) is 12.1 Å². The first kappa shape index (κ1) is 14.9. The summed E-state index contributed by atoms with van der Waals surface area (Å²) in [4.78, 5) is 10.4. The molecule has 0 bridgehead atoms. The standard InChI is InChI=1S/C13H18N2O4S/c16-15(17)13-8-4-3-7-12(13)11-20(18,19)14-9-5-1-2-6-10-14/h3-4,7-8H,1-2,5-6,9-11H2. The van der Waals surface area contributed by atoms with Crippen molar-refractivity contribution in [1.29, 1.82) is 0 Å². The van der Waals surface area contributed by atoms with E-state index in [0.29, 0.717) is 13.1 Å². The summed E-state index contributed by atoms with van der Waals surface area (Å²) in [5.41, 5.74) is 0.118. The van der Waals surface area contributed by atoms with Crippen LogP contribution in [0.1, 0.15) is 31.2 Å². The van der Waals surface area contributed by atoms with Gasteiger partial charge in [-0.3, -0.25) is 10.1 Å². The van der Waals surface area contributed by atoms with E-state index < -0.39 is 14.9 Å². The molecule has 0 aromatic heterocycles. The molecule has 0 spiro atoms. The molecule has 6 nitrogen and oxygen atoms in total. The molecule has 0 radical (unpaired) electrons. The topological polar surface area (TPSA) is 80.5 Å². The number of hydrogen-bond acceptors (Lipinski definition) is 4. The second-order valence-electron chi connectivity index (χ2n) is 4.96. The molecule has 1 aromatic carbocycles. The first-order valence-electron chi connectivity index (χ1n) is 6.71. The van der Waals surface area contributed by atoms with Crippen LogP contribution in [-0.4, -0.2) is 30.7 Å². The second-order valence-corrected chi connectivity index (χ2v) is 6.92. The minimum Gasteiger partial charge on any atom is -0.258 e. The Morgan fingerprint density at radius 1 is 1.10 bits per heavy atom. The summed E-state index contributed by atoms with van der Waals surface area (Å²) in [6.07, 6.45) is 3.79. The van der Waals surface area contributed by atoms with E-state index in [4.69, 9.17) is 0 Å². The van der Waals surface area contributed by atoms with Gasteiger partial charge in [0.1, 0.15) is 0 Å². The maximum atomic E-state index is 12.4. The Morgan fingerprint density at radius 2 is 1.70 bits per heavy atom. The number of rotatable bonds is 4. The van der Waals surface area contributed by atoms with Crippen LogP contribution in [0, 0.1) is 10.1 Å². The van der Waals surface area contributed by atoms with E-state index in [1.807, 2.05) is 0 Å². The van der Waals surface area contributed by atoms with Gasteiger partial charge < -0.3 is 0 Å². The third kappa shape index (κ3) is 3.55. The zero-order valence-corrected chi connectivity index (χ0v) is 12.0. The lowest BCUT2D eigenvalue weighted by Crippen LogP contribution is -2.33. The van der Waals surface area contributed by atoms with Gasteiger partial charge in [0.25, 0.3) is 5.69 Å². The van der Waals surface area contributed by atoms with Gasteiger partial charge in [0.05, 0.1) is 10.7 Å². The van der Waals surface area contributed by atoms with E-state index in [0.717, 1.165) is 25.7 Å². The fraction of sp³-hybridized carbons (Fsp3) is 0.538. The Labute approximate surface area is 118 Å². The van der Waals surface area contributed by atoms with E-state index in [2.05, 4.69) is 0 Å². The predicted molar refractivity (Wildman–Crippen MR) is 75.8 cm³/mol. The first-order valence-corrected chi connectivity index (χ1v) is 8.32. The average Bonchev–Trinajstić information content (AvgIpc) is 2.68. The number of sulfonamides is 1. The summed E-state index contributed by atoms with van der Waals surface area (Å²) < 4.78 is 26.2. The maximum Gasteiger partial charge on any atom is 0.273 e. The quantitative estimate of drug-likeness (QED) is 0.631. The zero-order chi connectivity index (χ0) is 14.6. The summed E-state index contributed by atoms with van der Waals surface area (Å²) in [5.74, 6) is -0.301. The van der Waals surface area contributed by atoms with Crippen molar-refractivity contribution in [3.63, 3.8) is 0 Å². The minimum atomic E-state index is -3.49. The third-order valence-electron chi connectivity index (χ3n) is 3.48. The number of nitrogens with zero attached hydrogens (tertiary/aromatic N) is 2. The van der Waals surface area contributed by atoms with Crippen LogP contribution in [0.4, 0.5) is 5.69 Å². The smallest absolute Gasteiger partial charge is 0.258 e. The Morgan fingerprint density at radius 3 is 2.30 bits per heavy atom. The largest absolute Gasteiger partial charge is 0.273 e. The minimum absolute atomic E-state index is 0.133. The number of benzene rings is 1. The summed E-state index contributed by atoms with van der Waals surface area (Å²) in [6, 6.07) is 6.02. The Hall–Kier alpha value is -1.47. The molecular weight excluding hydrogens is 280 g/mol. The van der Waals surface area contributed by atoms with Crippen LogP contribution < -0.4 is 0 Å². The molecule has 0 saturated carbocycles. The molecule has 1 fully saturated rings. The van der Waals surface area contributed by atoms with Gasteiger partial charge in [-0.05, 0) is 12.8 Å². The van der Waals surface area contributed by atoms with Crippen molar-refractivity contribution >= 4 is 15.7 Å². The van der Waals surface area contributed by atoms with Crippen molar-refractivity contribution in [1.82, 2.24) is 4.31 Å². The molecule has 1 aromatic rings. The molecule has 0 aliphatic carbocycles. The highest BCUT2D eigenvalue weighted by Crippen LogP contribution is 2.23. The normalized spacial score (nSPS) is 17.6. The highest BCUT2D eigenvalue weighted by atomic mass is 32.2. The molecule has 20 heavy (non-hydrogen) atoms. The summed E-state index contributed by atoms with van der Waals surface area (Å²) in [7, 11) is -3.49. The summed E-state index contributed by atoms with van der Waals surface area (Å²) in [5, 5.41) is 10.9. The average molecular weight is 298 g/mol. The number of hydrogen-bond donors (Lipinski definition) is 0. The Bertz CT molecular complexity index is 578. The molecule has 7 heteroatoms. The van der Waals surface area contributed by atoms with Crippen LogP contribution in [0.25, 0.3) is 0 Å². The van der Waals surface area contributed by atoms with Gasteiger partial charge in [-0.25, -0.2) is 12.7 Å². The molecule has 110 valence electrons. The molecular formula is C13H18N2O4S. The Kier molecular flexibility index (Phi) is 4.72. The van der Waals surface area contributed by atoms with Crippen molar-refractivity contribution in [3.05, 3.63) is 39.9 Å². The number of nitro groups is 1. The highest BCUT2D eigenvalue weighted by Gasteiger charge is 2.26. The van der Waals surface area contributed by atoms with Gasteiger partial charge in [-0.1, -0.05) is 31.0 Å². The van der Waals surface area contributed by atoms with Crippen LogP contribution in [-0.2, 0) is 15.8 Å². The fourth-order valence-electron chi connectivity index (χ4n) is 2.42. The monoisotopic (exact) mass is 298 g/mol. The third-order valence-corrected chi connectivity index (χ3v) is 5.31. The van der Waals surface area contributed by atoms with Gasteiger partial charge >= 0.3 is 0 Å². The van der Waals surface area contributed by atoms with E-state index >= 15 is 0 Å². The highest BCUT2D eigenvalue weighted by molar-refractivity contribution is 7.88. The van der Waals surface area contributed by atoms with Crippen molar-refractivity contribution in [2.75, 3.05) is 13.1 Å². The van der Waals surface area contributed by atoms with Crippen LogP contribution in [0.15, 0.2) is 24.3 Å². The van der Waals surface area contributed by atoms with E-state index in [-0.39, 0.29) is 17.0 Å².